The fourth-order valence-corrected chi connectivity index (χ4v) is 0.989. The van der Waals surface area contributed by atoms with Gasteiger partial charge in [0.25, 0.3) is 11.9 Å². The number of carbonyl (C=O) groups excluding carboxylic acids is 1. The van der Waals surface area contributed by atoms with E-state index in [2.05, 4.69) is 9.84 Å². The Morgan fingerprint density at radius 1 is 1.73 bits per heavy atom. The quantitative estimate of drug-likeness (QED) is 0.690. The van der Waals surface area contributed by atoms with Crippen LogP contribution in [0.1, 0.15) is 18.8 Å². The lowest BCUT2D eigenvalue weighted by Gasteiger charge is -2.08. The summed E-state index contributed by atoms with van der Waals surface area (Å²) in [6.07, 6.45) is -0.884. The molecule has 0 N–H and O–H groups in total. The molecule has 0 aliphatic carbocycles. The number of aryl methyl sites for hydroxylation is 1. The van der Waals surface area contributed by atoms with E-state index in [0.29, 0.717) is 10.2 Å². The molecule has 1 atom stereocenters. The summed E-state index contributed by atoms with van der Waals surface area (Å²) in [6.45, 7) is 3.26. The van der Waals surface area contributed by atoms with Crippen molar-refractivity contribution in [2.75, 3.05) is 6.61 Å². The first-order valence-electron chi connectivity index (χ1n) is 4.42. The minimum Gasteiger partial charge on any atom is -0.462 e. The summed E-state index contributed by atoms with van der Waals surface area (Å²) in [5, 5.41) is 3.51. The molecule has 0 aliphatic rings. The number of ether oxygens (including phenoxy) is 1. The Bertz CT molecular complexity index is 416. The number of carbonyl (C=O) groups is 1. The zero-order valence-electron chi connectivity index (χ0n) is 8.44. The van der Waals surface area contributed by atoms with Gasteiger partial charge in [0.2, 0.25) is 0 Å². The minimum atomic E-state index is -2.18. The molecule has 0 amide bonds. The highest BCUT2D eigenvalue weighted by Crippen LogP contribution is 2.05. The van der Waals surface area contributed by atoms with Crippen LogP contribution in [-0.4, -0.2) is 22.4 Å². The molecule has 1 aromatic heterocycles. The topological polar surface area (TPSA) is 61.2 Å². The lowest BCUT2D eigenvalue weighted by atomic mass is 10.3. The minimum absolute atomic E-state index is 0.0554. The van der Waals surface area contributed by atoms with Crippen molar-refractivity contribution in [2.45, 2.75) is 20.1 Å². The SMILES string of the molecule is CCOC(=O)C(F)n1ncc(C)cc1=O. The van der Waals surface area contributed by atoms with Crippen molar-refractivity contribution in [3.05, 3.63) is 28.2 Å². The first kappa shape index (κ1) is 11.4. The molecule has 0 spiro atoms. The van der Waals surface area contributed by atoms with E-state index in [9.17, 15) is 14.0 Å². The molecule has 0 fully saturated rings. The van der Waals surface area contributed by atoms with Crippen molar-refractivity contribution in [1.82, 2.24) is 9.78 Å². The summed E-state index contributed by atoms with van der Waals surface area (Å²) in [4.78, 5) is 22.2. The third-order valence-electron chi connectivity index (χ3n) is 1.66. The fraction of sp³-hybridized carbons (Fsp3) is 0.444. The number of nitrogens with zero attached hydrogens (tertiary/aromatic N) is 2. The predicted molar refractivity (Wildman–Crippen MR) is 50.0 cm³/mol. The number of aromatic nitrogens is 2. The van der Waals surface area contributed by atoms with Gasteiger partial charge in [-0.1, -0.05) is 0 Å². The molecule has 15 heavy (non-hydrogen) atoms. The summed E-state index contributed by atoms with van der Waals surface area (Å²) in [5.41, 5.74) is -0.0668. The van der Waals surface area contributed by atoms with E-state index < -0.39 is 17.8 Å². The molecule has 0 bridgehead atoms. The van der Waals surface area contributed by atoms with Crippen LogP contribution < -0.4 is 5.56 Å². The van der Waals surface area contributed by atoms with Crippen LogP contribution in [0, 0.1) is 6.92 Å². The van der Waals surface area contributed by atoms with E-state index in [0.717, 1.165) is 0 Å². The number of hydrogen-bond donors (Lipinski definition) is 0. The lowest BCUT2D eigenvalue weighted by Crippen LogP contribution is -2.30. The number of alkyl halides is 1. The monoisotopic (exact) mass is 214 g/mol. The molecule has 0 radical (unpaired) electrons. The molecule has 0 aliphatic heterocycles. The van der Waals surface area contributed by atoms with Crippen LogP contribution in [0.25, 0.3) is 0 Å². The average molecular weight is 214 g/mol. The summed E-state index contributed by atoms with van der Waals surface area (Å²) in [7, 11) is 0. The Kier molecular flexibility index (Phi) is 3.54. The smallest absolute Gasteiger partial charge is 0.363 e. The molecule has 1 heterocycles. The third-order valence-corrected chi connectivity index (χ3v) is 1.66. The number of esters is 1. The van der Waals surface area contributed by atoms with Gasteiger partial charge < -0.3 is 4.74 Å². The van der Waals surface area contributed by atoms with Gasteiger partial charge in [0.1, 0.15) is 0 Å². The first-order chi connectivity index (χ1) is 7.06. The largest absolute Gasteiger partial charge is 0.462 e. The molecular weight excluding hydrogens is 203 g/mol. The number of rotatable bonds is 3. The second-order valence-electron chi connectivity index (χ2n) is 2.90. The first-order valence-corrected chi connectivity index (χ1v) is 4.42. The molecule has 0 saturated heterocycles. The Morgan fingerprint density at radius 3 is 2.93 bits per heavy atom. The van der Waals surface area contributed by atoms with Crippen molar-refractivity contribution in [1.29, 1.82) is 0 Å². The van der Waals surface area contributed by atoms with E-state index in [1.54, 1.807) is 13.8 Å². The second-order valence-corrected chi connectivity index (χ2v) is 2.90. The zero-order chi connectivity index (χ0) is 11.4. The van der Waals surface area contributed by atoms with E-state index >= 15 is 0 Å². The van der Waals surface area contributed by atoms with E-state index in [-0.39, 0.29) is 6.61 Å². The van der Waals surface area contributed by atoms with Gasteiger partial charge in [0, 0.05) is 6.07 Å². The average Bonchev–Trinajstić information content (AvgIpc) is 2.17. The lowest BCUT2D eigenvalue weighted by molar-refractivity contribution is -0.153. The maximum atomic E-state index is 13.3. The van der Waals surface area contributed by atoms with Crippen LogP contribution in [0.15, 0.2) is 17.1 Å². The Morgan fingerprint density at radius 2 is 2.40 bits per heavy atom. The van der Waals surface area contributed by atoms with Crippen molar-refractivity contribution in [3.8, 4) is 0 Å². The maximum absolute atomic E-state index is 13.3. The third kappa shape index (κ3) is 2.61. The van der Waals surface area contributed by atoms with Crippen LogP contribution in [0.4, 0.5) is 4.39 Å². The normalized spacial score (nSPS) is 12.2. The number of hydrogen-bond acceptors (Lipinski definition) is 4. The summed E-state index contributed by atoms with van der Waals surface area (Å²) >= 11 is 0. The standard InChI is InChI=1S/C9H11FN2O3/c1-3-15-9(14)8(10)12-7(13)4-6(2)5-11-12/h4-5,8H,3H2,1-2H3. The van der Waals surface area contributed by atoms with Crippen LogP contribution in [0.3, 0.4) is 0 Å². The molecule has 0 saturated carbocycles. The van der Waals surface area contributed by atoms with Crippen LogP contribution in [0.2, 0.25) is 0 Å². The highest BCUT2D eigenvalue weighted by Gasteiger charge is 2.22. The predicted octanol–water partition coefficient (Wildman–Crippen LogP) is 0.583. The molecule has 1 unspecified atom stereocenters. The van der Waals surface area contributed by atoms with Crippen LogP contribution in [-0.2, 0) is 9.53 Å². The highest BCUT2D eigenvalue weighted by molar-refractivity contribution is 5.72. The molecule has 0 aromatic carbocycles. The number of halogens is 1. The molecule has 5 nitrogen and oxygen atoms in total. The second kappa shape index (κ2) is 4.68. The molecule has 6 heteroatoms. The Balaban J connectivity index is 2.96. The van der Waals surface area contributed by atoms with Crippen molar-refractivity contribution in [3.63, 3.8) is 0 Å². The Hall–Kier alpha value is -1.72. The Labute approximate surface area is 85.5 Å². The van der Waals surface area contributed by atoms with Crippen molar-refractivity contribution >= 4 is 5.97 Å². The van der Waals surface area contributed by atoms with Gasteiger partial charge in [-0.3, -0.25) is 4.79 Å². The van der Waals surface area contributed by atoms with E-state index in [1.165, 1.54) is 12.3 Å². The van der Waals surface area contributed by atoms with Gasteiger partial charge in [-0.15, -0.1) is 0 Å². The van der Waals surface area contributed by atoms with Crippen LogP contribution >= 0.6 is 0 Å². The zero-order valence-corrected chi connectivity index (χ0v) is 8.44. The van der Waals surface area contributed by atoms with E-state index in [1.807, 2.05) is 0 Å². The molecule has 1 rings (SSSR count). The van der Waals surface area contributed by atoms with Gasteiger partial charge in [-0.25, -0.2) is 9.18 Å². The van der Waals surface area contributed by atoms with Crippen molar-refractivity contribution < 1.29 is 13.9 Å². The van der Waals surface area contributed by atoms with Crippen LogP contribution in [0.5, 0.6) is 0 Å². The van der Waals surface area contributed by atoms with Gasteiger partial charge in [0.15, 0.2) is 0 Å². The summed E-state index contributed by atoms with van der Waals surface area (Å²) < 4.78 is 18.2. The van der Waals surface area contributed by atoms with Gasteiger partial charge >= 0.3 is 5.97 Å². The molecule has 82 valence electrons. The summed E-state index contributed by atoms with van der Waals surface area (Å²) in [6, 6.07) is 1.19. The van der Waals surface area contributed by atoms with Gasteiger partial charge in [-0.2, -0.15) is 9.78 Å². The summed E-state index contributed by atoms with van der Waals surface area (Å²) in [5.74, 6) is -1.11. The van der Waals surface area contributed by atoms with E-state index in [4.69, 9.17) is 0 Å². The maximum Gasteiger partial charge on any atom is 0.363 e. The van der Waals surface area contributed by atoms with Gasteiger partial charge in [-0.05, 0) is 19.4 Å². The molecular formula is C9H11FN2O3. The van der Waals surface area contributed by atoms with Crippen molar-refractivity contribution in [2.24, 2.45) is 0 Å². The van der Waals surface area contributed by atoms with Gasteiger partial charge in [0.05, 0.1) is 12.8 Å². The molecule has 1 aromatic rings. The fourth-order valence-electron chi connectivity index (χ4n) is 0.989. The highest BCUT2D eigenvalue weighted by atomic mass is 19.1.